The second kappa shape index (κ2) is 7.27. The Morgan fingerprint density at radius 2 is 1.50 bits per heavy atom. The molecule has 1 amide bonds. The summed E-state index contributed by atoms with van der Waals surface area (Å²) in [6, 6.07) is 32.4. The molecule has 4 aromatic carbocycles. The van der Waals surface area contributed by atoms with Crippen molar-refractivity contribution in [3.8, 4) is 0 Å². The Kier molecular flexibility index (Phi) is 4.17. The van der Waals surface area contributed by atoms with Crippen LogP contribution in [0.1, 0.15) is 22.9 Å². The minimum atomic E-state index is -0.344. The average molecular weight is 460 g/mol. The Morgan fingerprint density at radius 3 is 2.35 bits per heavy atom. The predicted molar refractivity (Wildman–Crippen MR) is 140 cm³/mol. The maximum atomic E-state index is 14.0. The van der Waals surface area contributed by atoms with Crippen LogP contribution in [-0.4, -0.2) is 26.9 Å². The van der Waals surface area contributed by atoms with Crippen molar-refractivity contribution < 1.29 is 4.79 Å². The Balaban J connectivity index is 1.44. The maximum Gasteiger partial charge on any atom is 0.256 e. The zero-order chi connectivity index (χ0) is 22.8. The average Bonchev–Trinajstić information content (AvgIpc) is 3.37. The number of H-pyrrole nitrogens is 1. The highest BCUT2D eigenvalue weighted by Gasteiger charge is 2.51. The van der Waals surface area contributed by atoms with Crippen LogP contribution < -0.4 is 4.90 Å². The lowest BCUT2D eigenvalue weighted by Crippen LogP contribution is -2.44. The zero-order valence-corrected chi connectivity index (χ0v) is 19.1. The molecule has 2 atom stereocenters. The molecule has 0 saturated carbocycles. The van der Waals surface area contributed by atoms with Crippen molar-refractivity contribution in [2.75, 3.05) is 4.90 Å². The highest BCUT2D eigenvalue weighted by atomic mass is 32.1. The number of nitrogens with one attached hydrogen (secondary N) is 1. The molecule has 5 aromatic rings. The summed E-state index contributed by atoms with van der Waals surface area (Å²) in [5.74, 6) is 0.0400. The van der Waals surface area contributed by atoms with Crippen molar-refractivity contribution in [3.63, 3.8) is 0 Å². The number of carbonyl (C=O) groups is 1. The Labute approximate surface area is 202 Å². The van der Waals surface area contributed by atoms with Crippen LogP contribution in [0.3, 0.4) is 0 Å². The standard InChI is InChI=1S/C29H21N3OS/c33-28-25-17-22-21-14-6-7-15-23(21)30-26(22)27(19-10-2-1-3-11-19)31(25)29(34)32(28)24-16-8-12-18-9-4-5-13-20(18)24/h1-16,25,27,30H,17H2/t25-,27+/m0/s1. The van der Waals surface area contributed by atoms with Crippen molar-refractivity contribution in [2.45, 2.75) is 18.5 Å². The number of aromatic amines is 1. The number of fused-ring (bicyclic) bond motifs is 5. The van der Waals surface area contributed by atoms with E-state index >= 15 is 0 Å². The molecule has 164 valence electrons. The third-order valence-electron chi connectivity index (χ3n) is 7.17. The Bertz CT molecular complexity index is 1600. The van der Waals surface area contributed by atoms with Gasteiger partial charge in [-0.1, -0.05) is 84.9 Å². The molecule has 1 N–H and O–H groups in total. The molecule has 0 spiro atoms. The molecular weight excluding hydrogens is 438 g/mol. The monoisotopic (exact) mass is 459 g/mol. The number of anilines is 1. The summed E-state index contributed by atoms with van der Waals surface area (Å²) in [4.78, 5) is 21.6. The van der Waals surface area contributed by atoms with Crippen LogP contribution >= 0.6 is 12.2 Å². The minimum Gasteiger partial charge on any atom is -0.356 e. The summed E-state index contributed by atoms with van der Waals surface area (Å²) in [7, 11) is 0. The van der Waals surface area contributed by atoms with E-state index in [2.05, 4.69) is 58.4 Å². The molecule has 0 bridgehead atoms. The van der Waals surface area contributed by atoms with Gasteiger partial charge < -0.3 is 9.88 Å². The van der Waals surface area contributed by atoms with Crippen LogP contribution in [0.15, 0.2) is 97.1 Å². The summed E-state index contributed by atoms with van der Waals surface area (Å²) in [6.45, 7) is 0. The lowest BCUT2D eigenvalue weighted by molar-refractivity contribution is -0.120. The van der Waals surface area contributed by atoms with Gasteiger partial charge in [0.25, 0.3) is 5.91 Å². The van der Waals surface area contributed by atoms with E-state index in [9.17, 15) is 4.79 Å². The number of benzene rings is 4. The summed E-state index contributed by atoms with van der Waals surface area (Å²) in [6.07, 6.45) is 0.628. The fourth-order valence-electron chi connectivity index (χ4n) is 5.68. The summed E-state index contributed by atoms with van der Waals surface area (Å²) in [5, 5.41) is 3.86. The second-order valence-corrected chi connectivity index (χ2v) is 9.32. The van der Waals surface area contributed by atoms with Crippen LogP contribution in [0.2, 0.25) is 0 Å². The van der Waals surface area contributed by atoms with Crippen LogP contribution in [0.25, 0.3) is 21.7 Å². The van der Waals surface area contributed by atoms with Gasteiger partial charge in [-0.05, 0) is 40.9 Å². The van der Waals surface area contributed by atoms with Gasteiger partial charge in [-0.2, -0.15) is 0 Å². The van der Waals surface area contributed by atoms with Crippen LogP contribution in [-0.2, 0) is 11.2 Å². The Hall–Kier alpha value is -3.96. The van der Waals surface area contributed by atoms with E-state index in [0.717, 1.165) is 33.2 Å². The van der Waals surface area contributed by atoms with E-state index in [1.54, 1.807) is 4.90 Å². The molecule has 0 aliphatic carbocycles. The van der Waals surface area contributed by atoms with Gasteiger partial charge in [0.2, 0.25) is 0 Å². The third kappa shape index (κ3) is 2.65. The summed E-state index contributed by atoms with van der Waals surface area (Å²) in [5.41, 5.74) is 5.40. The first-order chi connectivity index (χ1) is 16.7. The van der Waals surface area contributed by atoms with E-state index in [1.165, 1.54) is 10.9 Å². The number of hydrogen-bond donors (Lipinski definition) is 1. The van der Waals surface area contributed by atoms with Crippen LogP contribution in [0.4, 0.5) is 5.69 Å². The quantitative estimate of drug-likeness (QED) is 0.331. The lowest BCUT2D eigenvalue weighted by Gasteiger charge is -2.37. The van der Waals surface area contributed by atoms with Gasteiger partial charge in [0.05, 0.1) is 11.7 Å². The molecule has 2 aliphatic heterocycles. The van der Waals surface area contributed by atoms with E-state index in [0.29, 0.717) is 11.5 Å². The van der Waals surface area contributed by atoms with Gasteiger partial charge in [-0.25, -0.2) is 0 Å². The highest BCUT2D eigenvalue weighted by molar-refractivity contribution is 7.80. The van der Waals surface area contributed by atoms with Crippen molar-refractivity contribution in [2.24, 2.45) is 0 Å². The van der Waals surface area contributed by atoms with E-state index in [-0.39, 0.29) is 18.0 Å². The van der Waals surface area contributed by atoms with Gasteiger partial charge >= 0.3 is 0 Å². The molecule has 3 heterocycles. The number of aromatic nitrogens is 1. The van der Waals surface area contributed by atoms with Crippen molar-refractivity contribution in [1.82, 2.24) is 9.88 Å². The van der Waals surface area contributed by atoms with Gasteiger partial charge in [0, 0.05) is 28.4 Å². The molecule has 1 aromatic heterocycles. The fraction of sp³-hybridized carbons (Fsp3) is 0.103. The molecule has 34 heavy (non-hydrogen) atoms. The zero-order valence-electron chi connectivity index (χ0n) is 18.3. The third-order valence-corrected chi connectivity index (χ3v) is 7.57. The topological polar surface area (TPSA) is 39.3 Å². The number of amides is 1. The SMILES string of the molecule is O=C1[C@@H]2Cc3c([nH]c4ccccc34)[C@@H](c3ccccc3)N2C(=S)N1c1cccc2ccccc12. The minimum absolute atomic E-state index is 0.0400. The molecule has 7 rings (SSSR count). The van der Waals surface area contributed by atoms with Gasteiger partial charge in [0.15, 0.2) is 5.11 Å². The number of nitrogens with zero attached hydrogens (tertiary/aromatic N) is 2. The molecule has 2 aliphatic rings. The molecule has 1 saturated heterocycles. The first-order valence-electron chi connectivity index (χ1n) is 11.5. The predicted octanol–water partition coefficient (Wildman–Crippen LogP) is 5.97. The van der Waals surface area contributed by atoms with E-state index in [4.69, 9.17) is 12.2 Å². The van der Waals surface area contributed by atoms with Crippen LogP contribution in [0, 0.1) is 0 Å². The first-order valence-corrected chi connectivity index (χ1v) is 11.9. The molecule has 1 fully saturated rings. The first kappa shape index (κ1) is 19.5. The smallest absolute Gasteiger partial charge is 0.256 e. The van der Waals surface area contributed by atoms with Crippen molar-refractivity contribution >= 4 is 50.6 Å². The van der Waals surface area contributed by atoms with E-state index in [1.807, 2.05) is 48.5 Å². The molecular formula is C29H21N3OS. The van der Waals surface area contributed by atoms with Gasteiger partial charge in [-0.15, -0.1) is 0 Å². The fourth-order valence-corrected chi connectivity index (χ4v) is 6.10. The molecule has 5 heteroatoms. The molecule has 4 nitrogen and oxygen atoms in total. The maximum absolute atomic E-state index is 14.0. The normalized spacial score (nSPS) is 19.6. The van der Waals surface area contributed by atoms with Crippen molar-refractivity contribution in [3.05, 3.63) is 114 Å². The highest BCUT2D eigenvalue weighted by Crippen LogP contribution is 2.45. The van der Waals surface area contributed by atoms with Gasteiger partial charge in [0.1, 0.15) is 6.04 Å². The largest absolute Gasteiger partial charge is 0.356 e. The van der Waals surface area contributed by atoms with Gasteiger partial charge in [-0.3, -0.25) is 9.69 Å². The Morgan fingerprint density at radius 1 is 0.794 bits per heavy atom. The second-order valence-electron chi connectivity index (χ2n) is 8.96. The van der Waals surface area contributed by atoms with Crippen molar-refractivity contribution in [1.29, 1.82) is 0 Å². The van der Waals surface area contributed by atoms with E-state index < -0.39 is 0 Å². The summed E-state index contributed by atoms with van der Waals surface area (Å²) >= 11 is 6.06. The lowest BCUT2D eigenvalue weighted by atomic mass is 9.89. The summed E-state index contributed by atoms with van der Waals surface area (Å²) < 4.78 is 0. The number of para-hydroxylation sites is 1. The number of hydrogen-bond acceptors (Lipinski definition) is 2. The number of thiocarbonyl (C=S) groups is 1. The van der Waals surface area contributed by atoms with Crippen LogP contribution in [0.5, 0.6) is 0 Å². The number of carbonyl (C=O) groups excluding carboxylic acids is 1. The number of rotatable bonds is 2. The molecule has 0 unspecified atom stereocenters. The molecule has 0 radical (unpaired) electrons.